The van der Waals surface area contributed by atoms with Crippen LogP contribution in [0, 0.1) is 6.92 Å². The van der Waals surface area contributed by atoms with Crippen molar-refractivity contribution in [1.82, 2.24) is 25.2 Å². The number of aryl methyl sites for hydroxylation is 1. The number of benzene rings is 1. The molecule has 1 aromatic carbocycles. The number of unbranched alkanes of at least 4 members (excludes halogenated alkanes) is 1. The molecular weight excluding hydrogens is 418 g/mol. The first-order valence-corrected chi connectivity index (χ1v) is 12.0. The highest BCUT2D eigenvalue weighted by Gasteiger charge is 2.35. The van der Waals surface area contributed by atoms with Crippen molar-refractivity contribution >= 4 is 22.8 Å². The van der Waals surface area contributed by atoms with Crippen molar-refractivity contribution in [1.29, 1.82) is 0 Å². The van der Waals surface area contributed by atoms with Crippen LogP contribution in [0.25, 0.3) is 11.0 Å². The predicted molar refractivity (Wildman–Crippen MR) is 125 cm³/mol. The van der Waals surface area contributed by atoms with Gasteiger partial charge in [0.15, 0.2) is 6.04 Å². The average Bonchev–Trinajstić information content (AvgIpc) is 3.43. The maximum Gasteiger partial charge on any atom is 0.250 e. The molecule has 4 rings (SSSR count). The summed E-state index contributed by atoms with van der Waals surface area (Å²) in [6, 6.07) is 10.5. The molecule has 1 unspecified atom stereocenters. The number of hydrogen-bond acceptors (Lipinski definition) is 5. The van der Waals surface area contributed by atoms with E-state index in [0.29, 0.717) is 18.1 Å². The molecule has 0 saturated heterocycles. The number of para-hydroxylation sites is 1. The highest BCUT2D eigenvalue weighted by atomic mass is 16.3. The van der Waals surface area contributed by atoms with E-state index in [-0.39, 0.29) is 24.4 Å². The SMILES string of the molecule is CCCCN(C(=O)Cn1nnc2ccccc21)C(C(=O)NC1CCCCC1)c1ccc(C)o1. The lowest BCUT2D eigenvalue weighted by molar-refractivity contribution is -0.142. The lowest BCUT2D eigenvalue weighted by Gasteiger charge is -2.32. The molecule has 176 valence electrons. The zero-order valence-electron chi connectivity index (χ0n) is 19.5. The van der Waals surface area contributed by atoms with Crippen LogP contribution < -0.4 is 5.32 Å². The van der Waals surface area contributed by atoms with E-state index in [1.165, 1.54) is 6.42 Å². The molecule has 0 radical (unpaired) electrons. The van der Waals surface area contributed by atoms with Crippen molar-refractivity contribution in [2.24, 2.45) is 0 Å². The summed E-state index contributed by atoms with van der Waals surface area (Å²) in [5, 5.41) is 11.5. The van der Waals surface area contributed by atoms with E-state index in [9.17, 15) is 9.59 Å². The van der Waals surface area contributed by atoms with Crippen molar-refractivity contribution in [3.8, 4) is 0 Å². The second-order valence-corrected chi connectivity index (χ2v) is 8.87. The summed E-state index contributed by atoms with van der Waals surface area (Å²) < 4.78 is 7.48. The molecule has 1 atom stereocenters. The maximum atomic E-state index is 13.6. The largest absolute Gasteiger partial charge is 0.464 e. The summed E-state index contributed by atoms with van der Waals surface area (Å²) in [5.74, 6) is 0.848. The molecule has 1 N–H and O–H groups in total. The molecule has 2 amide bonds. The Balaban J connectivity index is 1.61. The zero-order chi connectivity index (χ0) is 23.2. The molecular formula is C25H33N5O3. The fourth-order valence-corrected chi connectivity index (χ4v) is 4.53. The van der Waals surface area contributed by atoms with E-state index >= 15 is 0 Å². The van der Waals surface area contributed by atoms with Gasteiger partial charge >= 0.3 is 0 Å². The number of aromatic nitrogens is 3. The molecule has 1 aliphatic rings. The van der Waals surface area contributed by atoms with Crippen LogP contribution in [0.5, 0.6) is 0 Å². The first kappa shape index (κ1) is 23.0. The molecule has 0 bridgehead atoms. The molecule has 2 aromatic heterocycles. The van der Waals surface area contributed by atoms with E-state index in [2.05, 4.69) is 22.6 Å². The summed E-state index contributed by atoms with van der Waals surface area (Å²) in [5.41, 5.74) is 1.53. The van der Waals surface area contributed by atoms with Crippen molar-refractivity contribution in [2.45, 2.75) is 77.4 Å². The minimum absolute atomic E-state index is 0.0110. The number of amides is 2. The standard InChI is InChI=1S/C25H33N5O3/c1-3-4-16-29(23(31)17-30-21-13-9-8-12-20(21)27-28-30)24(22-15-14-18(2)33-22)25(32)26-19-10-6-5-7-11-19/h8-9,12-15,19,24H,3-7,10-11,16-17H2,1-2H3,(H,26,32). The monoisotopic (exact) mass is 451 g/mol. The Labute approximate surface area is 194 Å². The normalized spacial score (nSPS) is 15.5. The maximum absolute atomic E-state index is 13.6. The minimum Gasteiger partial charge on any atom is -0.464 e. The zero-order valence-corrected chi connectivity index (χ0v) is 19.5. The van der Waals surface area contributed by atoms with Gasteiger partial charge in [-0.1, -0.05) is 50.0 Å². The number of fused-ring (bicyclic) bond motifs is 1. The molecule has 8 heteroatoms. The third kappa shape index (κ3) is 5.43. The van der Waals surface area contributed by atoms with Crippen LogP contribution in [0.1, 0.15) is 69.4 Å². The van der Waals surface area contributed by atoms with Gasteiger partial charge in [-0.05, 0) is 50.5 Å². The Morgan fingerprint density at radius 3 is 2.70 bits per heavy atom. The van der Waals surface area contributed by atoms with Crippen molar-refractivity contribution in [2.75, 3.05) is 6.54 Å². The van der Waals surface area contributed by atoms with E-state index in [4.69, 9.17) is 4.42 Å². The molecule has 2 heterocycles. The molecule has 1 fully saturated rings. The fourth-order valence-electron chi connectivity index (χ4n) is 4.53. The first-order valence-electron chi connectivity index (χ1n) is 12.0. The van der Waals surface area contributed by atoms with Gasteiger partial charge in [0, 0.05) is 12.6 Å². The topological polar surface area (TPSA) is 93.3 Å². The number of hydrogen-bond donors (Lipinski definition) is 1. The van der Waals surface area contributed by atoms with Crippen LogP contribution in [0.4, 0.5) is 0 Å². The van der Waals surface area contributed by atoms with Gasteiger partial charge in [-0.15, -0.1) is 5.10 Å². The average molecular weight is 452 g/mol. The van der Waals surface area contributed by atoms with Crippen molar-refractivity contribution in [3.63, 3.8) is 0 Å². The van der Waals surface area contributed by atoms with Crippen LogP contribution >= 0.6 is 0 Å². The number of carbonyl (C=O) groups excluding carboxylic acids is 2. The Bertz CT molecular complexity index is 1080. The summed E-state index contributed by atoms with van der Waals surface area (Å²) in [6.45, 7) is 4.39. The second-order valence-electron chi connectivity index (χ2n) is 8.87. The number of rotatable bonds is 9. The van der Waals surface area contributed by atoms with Crippen molar-refractivity contribution in [3.05, 3.63) is 47.9 Å². The van der Waals surface area contributed by atoms with Gasteiger partial charge in [0.1, 0.15) is 23.6 Å². The Kier molecular flexibility index (Phi) is 7.42. The van der Waals surface area contributed by atoms with Gasteiger partial charge < -0.3 is 14.6 Å². The lowest BCUT2D eigenvalue weighted by atomic mass is 9.95. The Morgan fingerprint density at radius 1 is 1.18 bits per heavy atom. The summed E-state index contributed by atoms with van der Waals surface area (Å²) >= 11 is 0. The van der Waals surface area contributed by atoms with Gasteiger partial charge in [-0.3, -0.25) is 9.59 Å². The van der Waals surface area contributed by atoms with Gasteiger partial charge in [0.2, 0.25) is 5.91 Å². The lowest BCUT2D eigenvalue weighted by Crippen LogP contribution is -2.48. The minimum atomic E-state index is -0.811. The van der Waals surface area contributed by atoms with Crippen LogP contribution in [0.2, 0.25) is 0 Å². The molecule has 1 saturated carbocycles. The fraction of sp³-hybridized carbons (Fsp3) is 0.520. The number of nitrogens with zero attached hydrogens (tertiary/aromatic N) is 4. The van der Waals surface area contributed by atoms with Crippen molar-refractivity contribution < 1.29 is 14.0 Å². The molecule has 33 heavy (non-hydrogen) atoms. The van der Waals surface area contributed by atoms with Crippen LogP contribution in [0.3, 0.4) is 0 Å². The molecule has 1 aliphatic carbocycles. The molecule has 0 aliphatic heterocycles. The van der Waals surface area contributed by atoms with Gasteiger partial charge in [-0.25, -0.2) is 4.68 Å². The number of nitrogens with one attached hydrogen (secondary N) is 1. The van der Waals surface area contributed by atoms with Gasteiger partial charge in [0.05, 0.1) is 5.52 Å². The third-order valence-corrected chi connectivity index (χ3v) is 6.32. The van der Waals surface area contributed by atoms with Gasteiger partial charge in [-0.2, -0.15) is 0 Å². The summed E-state index contributed by atoms with van der Waals surface area (Å²) in [6.07, 6.45) is 7.09. The molecule has 0 spiro atoms. The van der Waals surface area contributed by atoms with Crippen LogP contribution in [-0.2, 0) is 16.1 Å². The Hall–Kier alpha value is -3.16. The predicted octanol–water partition coefficient (Wildman–Crippen LogP) is 4.15. The second kappa shape index (κ2) is 10.6. The van der Waals surface area contributed by atoms with E-state index < -0.39 is 6.04 Å². The summed E-state index contributed by atoms with van der Waals surface area (Å²) in [4.78, 5) is 28.8. The highest BCUT2D eigenvalue weighted by Crippen LogP contribution is 2.26. The number of furan rings is 1. The van der Waals surface area contributed by atoms with E-state index in [1.54, 1.807) is 15.6 Å². The third-order valence-electron chi connectivity index (χ3n) is 6.32. The Morgan fingerprint density at radius 2 is 1.97 bits per heavy atom. The van der Waals surface area contributed by atoms with Crippen LogP contribution in [0.15, 0.2) is 40.8 Å². The smallest absolute Gasteiger partial charge is 0.250 e. The van der Waals surface area contributed by atoms with Crippen LogP contribution in [-0.4, -0.2) is 44.3 Å². The number of carbonyl (C=O) groups is 2. The quantitative estimate of drug-likeness (QED) is 0.527. The van der Waals surface area contributed by atoms with E-state index in [1.807, 2.05) is 37.3 Å². The molecule has 8 nitrogen and oxygen atoms in total. The van der Waals surface area contributed by atoms with Gasteiger partial charge in [0.25, 0.3) is 5.91 Å². The first-order chi connectivity index (χ1) is 16.1. The molecule has 3 aromatic rings. The summed E-state index contributed by atoms with van der Waals surface area (Å²) in [7, 11) is 0. The van der Waals surface area contributed by atoms with E-state index in [0.717, 1.165) is 49.6 Å². The highest BCUT2D eigenvalue weighted by molar-refractivity contribution is 5.89.